The maximum absolute atomic E-state index is 12.1. The second-order valence-electron chi connectivity index (χ2n) is 5.35. The fraction of sp³-hybridized carbons (Fsp3) is 0. The molecule has 0 radical (unpaired) electrons. The molecule has 0 atom stereocenters. The lowest BCUT2D eigenvalue weighted by Gasteiger charge is -2.09. The molecule has 1 heterocycles. The van der Waals surface area contributed by atoms with E-state index < -0.39 is 0 Å². The maximum Gasteiger partial charge on any atom is 0.323 e. The number of benzene rings is 2. The molecule has 3 amide bonds. The zero-order valence-electron chi connectivity index (χ0n) is 13.6. The highest BCUT2D eigenvalue weighted by Crippen LogP contribution is 2.16. The predicted octanol–water partition coefficient (Wildman–Crippen LogP) is 4.63. The highest BCUT2D eigenvalue weighted by Gasteiger charge is 2.07. The number of nitrogens with zero attached hydrogens (tertiary/aromatic N) is 1. The van der Waals surface area contributed by atoms with Gasteiger partial charge in [-0.2, -0.15) is 0 Å². The molecule has 0 saturated heterocycles. The second kappa shape index (κ2) is 8.13. The summed E-state index contributed by atoms with van der Waals surface area (Å²) >= 11 is 5.70. The average Bonchev–Trinajstić information content (AvgIpc) is 2.64. The third-order valence-corrected chi connectivity index (χ3v) is 3.65. The van der Waals surface area contributed by atoms with Crippen LogP contribution in [0, 0.1) is 0 Å². The summed E-state index contributed by atoms with van der Waals surface area (Å²) in [5.74, 6) is -0.295. The second-order valence-corrected chi connectivity index (χ2v) is 5.73. The average molecular weight is 367 g/mol. The Kier molecular flexibility index (Phi) is 5.46. The zero-order valence-corrected chi connectivity index (χ0v) is 14.3. The molecular weight excluding hydrogens is 352 g/mol. The van der Waals surface area contributed by atoms with Crippen molar-refractivity contribution in [3.63, 3.8) is 0 Å². The summed E-state index contributed by atoms with van der Waals surface area (Å²) in [5, 5.41) is 8.52. The van der Waals surface area contributed by atoms with Gasteiger partial charge < -0.3 is 16.0 Å². The molecule has 0 aliphatic rings. The highest BCUT2D eigenvalue weighted by atomic mass is 35.5. The topological polar surface area (TPSA) is 83.1 Å². The molecule has 0 aliphatic heterocycles. The van der Waals surface area contributed by atoms with E-state index in [1.54, 1.807) is 48.5 Å². The number of para-hydroxylation sites is 1. The standard InChI is InChI=1S/C19H15ClN4O2/c20-17-11-6-13(12-21-17)18(25)22-15-7-9-16(10-8-15)24-19(26)23-14-4-2-1-3-5-14/h1-12H,(H,22,25)(H2,23,24,26). The van der Waals surface area contributed by atoms with Gasteiger partial charge in [0.15, 0.2) is 0 Å². The van der Waals surface area contributed by atoms with E-state index >= 15 is 0 Å². The summed E-state index contributed by atoms with van der Waals surface area (Å²) in [6.45, 7) is 0. The first-order valence-electron chi connectivity index (χ1n) is 7.76. The van der Waals surface area contributed by atoms with E-state index in [1.165, 1.54) is 6.20 Å². The quantitative estimate of drug-likeness (QED) is 0.588. The monoisotopic (exact) mass is 366 g/mol. The Bertz CT molecular complexity index is 897. The van der Waals surface area contributed by atoms with Crippen LogP contribution >= 0.6 is 11.6 Å². The minimum Gasteiger partial charge on any atom is -0.322 e. The lowest BCUT2D eigenvalue weighted by Crippen LogP contribution is -2.19. The summed E-state index contributed by atoms with van der Waals surface area (Å²) in [6, 6.07) is 18.7. The van der Waals surface area contributed by atoms with E-state index in [0.29, 0.717) is 27.8 Å². The number of rotatable bonds is 4. The van der Waals surface area contributed by atoms with Crippen LogP contribution in [0.1, 0.15) is 10.4 Å². The number of amides is 3. The number of halogens is 1. The molecule has 26 heavy (non-hydrogen) atoms. The predicted molar refractivity (Wildman–Crippen MR) is 103 cm³/mol. The summed E-state index contributed by atoms with van der Waals surface area (Å²) in [5.41, 5.74) is 2.30. The number of hydrogen-bond donors (Lipinski definition) is 3. The van der Waals surface area contributed by atoms with Crippen LogP contribution in [0.2, 0.25) is 5.15 Å². The van der Waals surface area contributed by atoms with Crippen molar-refractivity contribution in [2.24, 2.45) is 0 Å². The van der Waals surface area contributed by atoms with Crippen LogP contribution < -0.4 is 16.0 Å². The molecule has 130 valence electrons. The SMILES string of the molecule is O=C(Nc1ccccc1)Nc1ccc(NC(=O)c2ccc(Cl)nc2)cc1. The van der Waals surface area contributed by atoms with Crippen LogP contribution in [-0.2, 0) is 0 Å². The van der Waals surface area contributed by atoms with Crippen LogP contribution in [0.5, 0.6) is 0 Å². The molecule has 0 aliphatic carbocycles. The lowest BCUT2D eigenvalue weighted by molar-refractivity contribution is 0.102. The van der Waals surface area contributed by atoms with Crippen LogP contribution in [0.15, 0.2) is 72.9 Å². The van der Waals surface area contributed by atoms with Gasteiger partial charge in [-0.1, -0.05) is 29.8 Å². The Hall–Kier alpha value is -3.38. The highest BCUT2D eigenvalue weighted by molar-refractivity contribution is 6.29. The summed E-state index contributed by atoms with van der Waals surface area (Å²) < 4.78 is 0. The molecule has 0 spiro atoms. The number of urea groups is 1. The molecule has 0 bridgehead atoms. The van der Waals surface area contributed by atoms with Crippen molar-refractivity contribution in [2.45, 2.75) is 0 Å². The van der Waals surface area contributed by atoms with E-state index in [-0.39, 0.29) is 11.9 Å². The van der Waals surface area contributed by atoms with Gasteiger partial charge in [-0.3, -0.25) is 4.79 Å². The number of nitrogens with one attached hydrogen (secondary N) is 3. The normalized spacial score (nSPS) is 10.0. The molecule has 0 fully saturated rings. The van der Waals surface area contributed by atoms with Crippen molar-refractivity contribution in [1.29, 1.82) is 0 Å². The van der Waals surface area contributed by atoms with Gasteiger partial charge in [0.25, 0.3) is 5.91 Å². The van der Waals surface area contributed by atoms with Crippen LogP contribution in [0.4, 0.5) is 21.9 Å². The van der Waals surface area contributed by atoms with Crippen molar-refractivity contribution in [1.82, 2.24) is 4.98 Å². The van der Waals surface area contributed by atoms with Crippen molar-refractivity contribution in [2.75, 3.05) is 16.0 Å². The third-order valence-electron chi connectivity index (χ3n) is 3.42. The number of hydrogen-bond acceptors (Lipinski definition) is 3. The van der Waals surface area contributed by atoms with Gasteiger partial charge in [-0.15, -0.1) is 0 Å². The van der Waals surface area contributed by atoms with Crippen LogP contribution in [0.25, 0.3) is 0 Å². The molecular formula is C19H15ClN4O2. The largest absolute Gasteiger partial charge is 0.323 e. The van der Waals surface area contributed by atoms with E-state index in [2.05, 4.69) is 20.9 Å². The molecule has 2 aromatic carbocycles. The summed E-state index contributed by atoms with van der Waals surface area (Å²) in [4.78, 5) is 27.9. The molecule has 1 aromatic heterocycles. The Morgan fingerprint density at radius 3 is 1.88 bits per heavy atom. The maximum atomic E-state index is 12.1. The number of pyridine rings is 1. The van der Waals surface area contributed by atoms with Gasteiger partial charge in [-0.25, -0.2) is 9.78 Å². The minimum absolute atomic E-state index is 0.295. The molecule has 3 rings (SSSR count). The van der Waals surface area contributed by atoms with Gasteiger partial charge in [0.2, 0.25) is 0 Å². The summed E-state index contributed by atoms with van der Waals surface area (Å²) in [7, 11) is 0. The van der Waals surface area contributed by atoms with Crippen LogP contribution in [-0.4, -0.2) is 16.9 Å². The first kappa shape index (κ1) is 17.4. The van der Waals surface area contributed by atoms with Gasteiger partial charge in [0.05, 0.1) is 5.56 Å². The third kappa shape index (κ3) is 4.81. The van der Waals surface area contributed by atoms with E-state index in [0.717, 1.165) is 0 Å². The first-order chi connectivity index (χ1) is 12.6. The zero-order chi connectivity index (χ0) is 18.4. The number of aromatic nitrogens is 1. The molecule has 0 saturated carbocycles. The van der Waals surface area contributed by atoms with Gasteiger partial charge >= 0.3 is 6.03 Å². The Morgan fingerprint density at radius 2 is 1.31 bits per heavy atom. The van der Waals surface area contributed by atoms with Crippen molar-refractivity contribution in [3.05, 3.63) is 83.6 Å². The Labute approximate surface area is 155 Å². The fourth-order valence-electron chi connectivity index (χ4n) is 2.17. The molecule has 0 unspecified atom stereocenters. The number of anilines is 3. The number of carbonyl (C=O) groups excluding carboxylic acids is 2. The Morgan fingerprint density at radius 1 is 0.731 bits per heavy atom. The molecule has 6 nitrogen and oxygen atoms in total. The van der Waals surface area contributed by atoms with Gasteiger partial charge in [0, 0.05) is 23.3 Å². The fourth-order valence-corrected chi connectivity index (χ4v) is 2.28. The van der Waals surface area contributed by atoms with E-state index in [1.807, 2.05) is 18.2 Å². The smallest absolute Gasteiger partial charge is 0.322 e. The van der Waals surface area contributed by atoms with Crippen LogP contribution in [0.3, 0.4) is 0 Å². The van der Waals surface area contributed by atoms with E-state index in [4.69, 9.17) is 11.6 Å². The van der Waals surface area contributed by atoms with Crippen molar-refractivity contribution in [3.8, 4) is 0 Å². The number of carbonyl (C=O) groups is 2. The van der Waals surface area contributed by atoms with Crippen molar-refractivity contribution < 1.29 is 9.59 Å². The van der Waals surface area contributed by atoms with Crippen molar-refractivity contribution >= 4 is 40.6 Å². The lowest BCUT2D eigenvalue weighted by atomic mass is 10.2. The summed E-state index contributed by atoms with van der Waals surface area (Å²) in [6.07, 6.45) is 1.40. The first-order valence-corrected chi connectivity index (χ1v) is 8.14. The van der Waals surface area contributed by atoms with Gasteiger partial charge in [0.1, 0.15) is 5.15 Å². The molecule has 3 aromatic rings. The molecule has 3 N–H and O–H groups in total. The van der Waals surface area contributed by atoms with Gasteiger partial charge in [-0.05, 0) is 48.5 Å². The minimum atomic E-state index is -0.347. The Balaban J connectivity index is 1.57. The van der Waals surface area contributed by atoms with E-state index in [9.17, 15) is 9.59 Å². The molecule has 7 heteroatoms.